The molecule has 0 aromatic heterocycles. The molecule has 0 atom stereocenters. The number of ketones is 1. The molecule has 27 heavy (non-hydrogen) atoms. The fourth-order valence-electron chi connectivity index (χ4n) is 4.92. The fourth-order valence-corrected chi connectivity index (χ4v) is 5.20. The molecule has 146 valence electrons. The summed E-state index contributed by atoms with van der Waals surface area (Å²) in [6.45, 7) is 3.29. The lowest BCUT2D eigenvalue weighted by Gasteiger charge is -2.44. The van der Waals surface area contributed by atoms with E-state index in [-0.39, 0.29) is 11.7 Å². The number of piperidine rings is 1. The van der Waals surface area contributed by atoms with Gasteiger partial charge in [0, 0.05) is 37.4 Å². The average molecular weight is 390 g/mol. The molecular formula is C22H28ClNO3. The number of nitrogens with zero attached hydrogens (tertiary/aromatic N) is 1. The molecule has 0 N–H and O–H groups in total. The highest BCUT2D eigenvalue weighted by atomic mass is 35.5. The maximum absolute atomic E-state index is 12.7. The largest absolute Gasteiger partial charge is 0.486 e. The Morgan fingerprint density at radius 2 is 1.93 bits per heavy atom. The number of carbonyl (C=O) groups excluding carboxylic acids is 2. The SMILES string of the molecule is Cc1cc(Cl)cc2c1OC1(CCN(C(=O)CC3CCCCC3)CC1)CC2=O. The van der Waals surface area contributed by atoms with Crippen LogP contribution in [0.4, 0.5) is 0 Å². The van der Waals surface area contributed by atoms with Gasteiger partial charge in [-0.2, -0.15) is 0 Å². The van der Waals surface area contributed by atoms with Crippen molar-refractivity contribution in [2.45, 2.75) is 70.3 Å². The number of likely N-dealkylation sites (tertiary alicyclic amines) is 1. The number of fused-ring (bicyclic) bond motifs is 1. The third-order valence-electron chi connectivity index (χ3n) is 6.56. The van der Waals surface area contributed by atoms with Crippen LogP contribution in [-0.2, 0) is 4.79 Å². The van der Waals surface area contributed by atoms with Crippen molar-refractivity contribution >= 4 is 23.3 Å². The number of benzene rings is 1. The Balaban J connectivity index is 1.41. The van der Waals surface area contributed by atoms with Crippen molar-refractivity contribution in [1.82, 2.24) is 4.90 Å². The molecule has 4 rings (SSSR count). The first-order valence-electron chi connectivity index (χ1n) is 10.3. The number of Topliss-reactive ketones (excluding diaryl/α,β-unsaturated/α-hetero) is 1. The van der Waals surface area contributed by atoms with E-state index in [0.717, 1.165) is 18.4 Å². The summed E-state index contributed by atoms with van der Waals surface area (Å²) in [5, 5.41) is 0.572. The van der Waals surface area contributed by atoms with Crippen molar-refractivity contribution in [1.29, 1.82) is 0 Å². The molecule has 5 heteroatoms. The molecule has 1 aromatic rings. The smallest absolute Gasteiger partial charge is 0.222 e. The number of hydrogen-bond acceptors (Lipinski definition) is 3. The number of halogens is 1. The highest BCUT2D eigenvalue weighted by Gasteiger charge is 2.44. The van der Waals surface area contributed by atoms with E-state index < -0.39 is 5.60 Å². The molecule has 0 bridgehead atoms. The molecule has 0 unspecified atom stereocenters. The van der Waals surface area contributed by atoms with E-state index in [1.807, 2.05) is 17.9 Å². The fraction of sp³-hybridized carbons (Fsp3) is 0.636. The van der Waals surface area contributed by atoms with Gasteiger partial charge in [-0.05, 0) is 43.4 Å². The van der Waals surface area contributed by atoms with Gasteiger partial charge in [0.1, 0.15) is 11.4 Å². The molecule has 1 aliphatic carbocycles. The Labute approximate surface area is 166 Å². The van der Waals surface area contributed by atoms with E-state index >= 15 is 0 Å². The first-order chi connectivity index (χ1) is 13.0. The van der Waals surface area contributed by atoms with Crippen LogP contribution in [0.1, 0.15) is 73.7 Å². The van der Waals surface area contributed by atoms with E-state index in [1.54, 1.807) is 6.07 Å². The number of hydrogen-bond donors (Lipinski definition) is 0. The summed E-state index contributed by atoms with van der Waals surface area (Å²) in [5.41, 5.74) is 1.03. The van der Waals surface area contributed by atoms with Gasteiger partial charge in [-0.15, -0.1) is 0 Å². The predicted molar refractivity (Wildman–Crippen MR) is 106 cm³/mol. The Morgan fingerprint density at radius 3 is 2.63 bits per heavy atom. The van der Waals surface area contributed by atoms with Crippen LogP contribution >= 0.6 is 11.6 Å². The zero-order chi connectivity index (χ0) is 19.0. The Bertz CT molecular complexity index is 746. The first-order valence-corrected chi connectivity index (χ1v) is 10.6. The summed E-state index contributed by atoms with van der Waals surface area (Å²) in [5.74, 6) is 1.62. The van der Waals surface area contributed by atoms with Gasteiger partial charge in [-0.3, -0.25) is 9.59 Å². The molecule has 1 saturated carbocycles. The van der Waals surface area contributed by atoms with Crippen LogP contribution in [0.3, 0.4) is 0 Å². The van der Waals surface area contributed by atoms with Crippen LogP contribution < -0.4 is 4.74 Å². The van der Waals surface area contributed by atoms with E-state index in [9.17, 15) is 9.59 Å². The lowest BCUT2D eigenvalue weighted by molar-refractivity contribution is -0.136. The van der Waals surface area contributed by atoms with Crippen LogP contribution in [0.2, 0.25) is 5.02 Å². The zero-order valence-electron chi connectivity index (χ0n) is 16.1. The Hall–Kier alpha value is -1.55. The monoisotopic (exact) mass is 389 g/mol. The molecule has 2 aliphatic heterocycles. The highest BCUT2D eigenvalue weighted by Crippen LogP contribution is 2.42. The maximum Gasteiger partial charge on any atom is 0.222 e. The standard InChI is InChI=1S/C22H28ClNO3/c1-15-11-17(23)13-18-19(25)14-22(27-21(15)18)7-9-24(10-8-22)20(26)12-16-5-3-2-4-6-16/h11,13,16H,2-10,12,14H2,1H3. The number of aryl methyl sites for hydroxylation is 1. The molecule has 1 spiro atoms. The highest BCUT2D eigenvalue weighted by molar-refractivity contribution is 6.31. The van der Waals surface area contributed by atoms with Gasteiger partial charge in [0.05, 0.1) is 12.0 Å². The normalized spacial score (nSPS) is 22.4. The predicted octanol–water partition coefficient (Wildman–Crippen LogP) is 4.95. The minimum atomic E-state index is -0.468. The molecule has 1 amide bonds. The zero-order valence-corrected chi connectivity index (χ0v) is 16.8. The Morgan fingerprint density at radius 1 is 1.22 bits per heavy atom. The maximum atomic E-state index is 12.7. The average Bonchev–Trinajstić information content (AvgIpc) is 2.64. The molecule has 1 aromatic carbocycles. The summed E-state index contributed by atoms with van der Waals surface area (Å²) in [6, 6.07) is 3.55. The minimum absolute atomic E-state index is 0.101. The summed E-state index contributed by atoms with van der Waals surface area (Å²) in [4.78, 5) is 27.4. The van der Waals surface area contributed by atoms with Crippen molar-refractivity contribution < 1.29 is 14.3 Å². The third-order valence-corrected chi connectivity index (χ3v) is 6.77. The molecular weight excluding hydrogens is 362 g/mol. The van der Waals surface area contributed by atoms with Gasteiger partial charge >= 0.3 is 0 Å². The molecule has 4 nitrogen and oxygen atoms in total. The topological polar surface area (TPSA) is 46.6 Å². The number of amides is 1. The van der Waals surface area contributed by atoms with E-state index in [1.165, 1.54) is 32.1 Å². The molecule has 3 aliphatic rings. The number of ether oxygens (including phenoxy) is 1. The summed E-state index contributed by atoms with van der Waals surface area (Å²) in [7, 11) is 0. The summed E-state index contributed by atoms with van der Waals surface area (Å²) < 4.78 is 6.38. The van der Waals surface area contributed by atoms with Crippen molar-refractivity contribution in [3.05, 3.63) is 28.3 Å². The summed E-state index contributed by atoms with van der Waals surface area (Å²) >= 11 is 6.11. The van der Waals surface area contributed by atoms with E-state index in [4.69, 9.17) is 16.3 Å². The summed E-state index contributed by atoms with van der Waals surface area (Å²) in [6.07, 6.45) is 8.73. The van der Waals surface area contributed by atoms with E-state index in [2.05, 4.69) is 0 Å². The second-order valence-electron chi connectivity index (χ2n) is 8.57. The number of rotatable bonds is 2. The van der Waals surface area contributed by atoms with Crippen LogP contribution in [0.25, 0.3) is 0 Å². The second kappa shape index (κ2) is 7.46. The first kappa shape index (κ1) is 18.8. The second-order valence-corrected chi connectivity index (χ2v) is 9.01. The third kappa shape index (κ3) is 3.87. The molecule has 2 fully saturated rings. The lowest BCUT2D eigenvalue weighted by atomic mass is 9.81. The minimum Gasteiger partial charge on any atom is -0.486 e. The number of carbonyl (C=O) groups is 2. The van der Waals surface area contributed by atoms with Crippen LogP contribution in [-0.4, -0.2) is 35.3 Å². The molecule has 0 radical (unpaired) electrons. The van der Waals surface area contributed by atoms with E-state index in [0.29, 0.717) is 48.2 Å². The van der Waals surface area contributed by atoms with Gasteiger partial charge in [-0.25, -0.2) is 0 Å². The van der Waals surface area contributed by atoms with Gasteiger partial charge in [-0.1, -0.05) is 30.9 Å². The van der Waals surface area contributed by atoms with Crippen LogP contribution in [0.5, 0.6) is 5.75 Å². The van der Waals surface area contributed by atoms with Gasteiger partial charge < -0.3 is 9.64 Å². The van der Waals surface area contributed by atoms with Crippen LogP contribution in [0.15, 0.2) is 12.1 Å². The van der Waals surface area contributed by atoms with Gasteiger partial charge in [0.15, 0.2) is 5.78 Å². The van der Waals surface area contributed by atoms with Crippen LogP contribution in [0, 0.1) is 12.8 Å². The van der Waals surface area contributed by atoms with Gasteiger partial charge in [0.2, 0.25) is 5.91 Å². The lowest BCUT2D eigenvalue weighted by Crippen LogP contribution is -2.52. The van der Waals surface area contributed by atoms with Crippen molar-refractivity contribution in [3.63, 3.8) is 0 Å². The Kier molecular flexibility index (Phi) is 5.19. The van der Waals surface area contributed by atoms with Crippen molar-refractivity contribution in [2.24, 2.45) is 5.92 Å². The van der Waals surface area contributed by atoms with Crippen molar-refractivity contribution in [2.75, 3.05) is 13.1 Å². The molecule has 1 saturated heterocycles. The quantitative estimate of drug-likeness (QED) is 0.719. The molecule has 2 heterocycles. The van der Waals surface area contributed by atoms with Gasteiger partial charge in [0.25, 0.3) is 0 Å². The van der Waals surface area contributed by atoms with Crippen molar-refractivity contribution in [3.8, 4) is 5.75 Å².